The zero-order chi connectivity index (χ0) is 36.8. The minimum atomic E-state index is -3.79. The molecule has 2 bridgehead atoms. The van der Waals surface area contributed by atoms with Crippen LogP contribution in [-0.4, -0.2) is 82.8 Å². The van der Waals surface area contributed by atoms with Crippen molar-refractivity contribution >= 4 is 39.0 Å². The summed E-state index contributed by atoms with van der Waals surface area (Å²) < 4.78 is 40.6. The summed E-state index contributed by atoms with van der Waals surface area (Å²) in [4.78, 5) is 29.9. The molecule has 0 radical (unpaired) electrons. The number of nitrogens with one attached hydrogen (secondary N) is 1. The Labute approximate surface area is 309 Å². The molecule has 1 fully saturated rings. The number of fused-ring (bicyclic) bond motifs is 4. The predicted octanol–water partition coefficient (Wildman–Crippen LogP) is 5.12. The molecular weight excluding hydrogens is 706 g/mol. The lowest BCUT2D eigenvalue weighted by Gasteiger charge is -2.46. The van der Waals surface area contributed by atoms with Crippen molar-refractivity contribution in [3.63, 3.8) is 0 Å². The van der Waals surface area contributed by atoms with E-state index in [9.17, 15) is 18.9 Å². The van der Waals surface area contributed by atoms with Crippen LogP contribution in [0.1, 0.15) is 64.4 Å². The number of carbonyl (C=O) groups is 2. The first-order chi connectivity index (χ1) is 24.9. The van der Waals surface area contributed by atoms with Crippen LogP contribution in [0.15, 0.2) is 59.1 Å². The van der Waals surface area contributed by atoms with E-state index < -0.39 is 33.8 Å². The average Bonchev–Trinajstić information content (AvgIpc) is 3.42. The number of amides is 2. The molecule has 2 N–H and O–H groups in total. The predicted molar refractivity (Wildman–Crippen MR) is 199 cm³/mol. The second-order valence-electron chi connectivity index (χ2n) is 14.7. The number of carbonyl (C=O) groups excluding carboxylic acids is 2. The number of rotatable bonds is 4. The maximum Gasteiger partial charge on any atom is 0.286 e. The van der Waals surface area contributed by atoms with Gasteiger partial charge in [0, 0.05) is 49.4 Å². The van der Waals surface area contributed by atoms with E-state index in [0.29, 0.717) is 30.5 Å². The van der Waals surface area contributed by atoms with Gasteiger partial charge in [-0.3, -0.25) is 19.0 Å². The Kier molecular flexibility index (Phi) is 10.2. The second kappa shape index (κ2) is 14.5. The van der Waals surface area contributed by atoms with Gasteiger partial charge in [-0.05, 0) is 91.3 Å². The number of nitrogens with zero attached hydrogens (tertiary/aromatic N) is 4. The molecule has 0 unspecified atom stereocenters. The number of aliphatic hydroxyl groups excluding tert-OH is 1. The summed E-state index contributed by atoms with van der Waals surface area (Å²) in [5.74, 6) is -1.29. The quantitative estimate of drug-likeness (QED) is 0.348. The highest BCUT2D eigenvalue weighted by atomic mass is 35.5. The molecule has 1 saturated carbocycles. The highest BCUT2D eigenvalue weighted by molar-refractivity contribution is 7.92. The van der Waals surface area contributed by atoms with Crippen LogP contribution in [0.2, 0.25) is 5.02 Å². The van der Waals surface area contributed by atoms with E-state index in [1.165, 1.54) is 29.1 Å². The van der Waals surface area contributed by atoms with Crippen LogP contribution in [0, 0.1) is 17.8 Å². The Morgan fingerprint density at radius 1 is 1.17 bits per heavy atom. The monoisotopic (exact) mass is 751 g/mol. The van der Waals surface area contributed by atoms with Gasteiger partial charge < -0.3 is 24.2 Å². The molecule has 278 valence electrons. The zero-order valence-electron chi connectivity index (χ0n) is 29.9. The third-order valence-corrected chi connectivity index (χ3v) is 13.4. The summed E-state index contributed by atoms with van der Waals surface area (Å²) in [5.41, 5.74) is 3.17. The number of aliphatic hydroxyl groups is 1. The Morgan fingerprint density at radius 2 is 2.00 bits per heavy atom. The maximum atomic E-state index is 14.6. The fourth-order valence-corrected chi connectivity index (χ4v) is 10.4. The van der Waals surface area contributed by atoms with Crippen molar-refractivity contribution < 1.29 is 33.1 Å². The molecule has 2 aliphatic carbocycles. The van der Waals surface area contributed by atoms with Crippen LogP contribution in [0.4, 0.5) is 5.69 Å². The smallest absolute Gasteiger partial charge is 0.286 e. The van der Waals surface area contributed by atoms with E-state index in [4.69, 9.17) is 25.8 Å². The average molecular weight is 752 g/mol. The second-order valence-corrected chi connectivity index (χ2v) is 17.1. The van der Waals surface area contributed by atoms with Gasteiger partial charge in [0.1, 0.15) is 21.2 Å². The molecule has 0 saturated heterocycles. The van der Waals surface area contributed by atoms with Crippen molar-refractivity contribution in [3.05, 3.63) is 82.0 Å². The van der Waals surface area contributed by atoms with Gasteiger partial charge >= 0.3 is 0 Å². The third-order valence-electron chi connectivity index (χ3n) is 11.2. The minimum absolute atomic E-state index is 0.0331. The molecule has 2 amide bonds. The molecule has 14 heteroatoms. The van der Waals surface area contributed by atoms with Crippen molar-refractivity contribution in [2.24, 2.45) is 29.2 Å². The molecule has 7 rings (SSSR count). The third kappa shape index (κ3) is 7.07. The standard InChI is InChI=1S/C38H46ClN5O7S/c1-23-20-52(48,42-36(47)29-19-43(2)40-37(29)50-4)41-35(46)25-8-13-34-31(17-25)44(18-26-7-10-28(26)33(49-3)14-12-32(23)45)21-38(22-51-34)15-5-6-24-16-27(39)9-11-30(24)38/h8-9,11-14,16-17,19,23,26,28,32-33,45H,5-7,10,15,18,20-22H2,1-4H3,(H,41,42,46,47,48)/b14-12+/t23-,26+,28-,32-,33+,38+,52+/m1/s1. The fourth-order valence-electron chi connectivity index (χ4n) is 8.31. The number of halogens is 1. The highest BCUT2D eigenvalue weighted by Crippen LogP contribution is 2.47. The van der Waals surface area contributed by atoms with Crippen molar-refractivity contribution in [1.82, 2.24) is 14.5 Å². The van der Waals surface area contributed by atoms with E-state index in [-0.39, 0.29) is 46.1 Å². The molecule has 2 aromatic carbocycles. The largest absolute Gasteiger partial charge is 0.490 e. The van der Waals surface area contributed by atoms with Crippen LogP contribution in [0.3, 0.4) is 0 Å². The Balaban J connectivity index is 1.32. The molecule has 4 aliphatic rings. The molecule has 12 nitrogen and oxygen atoms in total. The molecule has 7 atom stereocenters. The molecule has 1 aromatic heterocycles. The van der Waals surface area contributed by atoms with Gasteiger partial charge in [-0.1, -0.05) is 36.7 Å². The summed E-state index contributed by atoms with van der Waals surface area (Å²) >= 11 is 6.45. The van der Waals surface area contributed by atoms with E-state index in [1.54, 1.807) is 45.4 Å². The molecular formula is C38H46ClN5O7S. The van der Waals surface area contributed by atoms with Crippen LogP contribution < -0.4 is 19.1 Å². The van der Waals surface area contributed by atoms with Crippen molar-refractivity contribution in [2.45, 2.75) is 56.7 Å². The van der Waals surface area contributed by atoms with Crippen LogP contribution >= 0.6 is 11.6 Å². The van der Waals surface area contributed by atoms with Gasteiger partial charge in [0.05, 0.1) is 37.4 Å². The fraction of sp³-hybridized carbons (Fsp3) is 0.500. The summed E-state index contributed by atoms with van der Waals surface area (Å²) in [6.07, 6.45) is 8.55. The minimum Gasteiger partial charge on any atom is -0.490 e. The number of anilines is 1. The lowest BCUT2D eigenvalue weighted by Crippen LogP contribution is -2.49. The molecule has 1 spiro atoms. The van der Waals surface area contributed by atoms with Crippen LogP contribution in [0.25, 0.3) is 0 Å². The highest BCUT2D eigenvalue weighted by Gasteiger charge is 2.44. The first-order valence-corrected chi connectivity index (χ1v) is 19.9. The van der Waals surface area contributed by atoms with Gasteiger partial charge in [0.2, 0.25) is 5.88 Å². The van der Waals surface area contributed by atoms with Gasteiger partial charge in [-0.25, -0.2) is 4.21 Å². The Hall–Kier alpha value is -3.91. The van der Waals surface area contributed by atoms with Gasteiger partial charge in [-0.2, -0.15) is 0 Å². The number of ether oxygens (including phenoxy) is 3. The summed E-state index contributed by atoms with van der Waals surface area (Å²) in [7, 11) is 0.890. The number of methoxy groups -OCH3 is 2. The van der Waals surface area contributed by atoms with Gasteiger partial charge in [0.15, 0.2) is 0 Å². The van der Waals surface area contributed by atoms with Crippen molar-refractivity contribution in [1.29, 1.82) is 0 Å². The summed E-state index contributed by atoms with van der Waals surface area (Å²) in [6.45, 7) is 3.53. The van der Waals surface area contributed by atoms with E-state index in [0.717, 1.165) is 37.8 Å². The number of hydrogen-bond acceptors (Lipinski definition) is 9. The van der Waals surface area contributed by atoms with Crippen molar-refractivity contribution in [3.8, 4) is 11.6 Å². The van der Waals surface area contributed by atoms with Crippen LogP contribution in [0.5, 0.6) is 11.6 Å². The van der Waals surface area contributed by atoms with Crippen molar-refractivity contribution in [2.75, 3.05) is 44.6 Å². The van der Waals surface area contributed by atoms with E-state index in [2.05, 4.69) is 31.2 Å². The Morgan fingerprint density at radius 3 is 2.75 bits per heavy atom. The Bertz CT molecular complexity index is 2030. The topological polar surface area (TPSA) is 145 Å². The molecule has 2 aliphatic heterocycles. The van der Waals surface area contributed by atoms with E-state index in [1.807, 2.05) is 12.1 Å². The van der Waals surface area contributed by atoms with E-state index >= 15 is 0 Å². The maximum absolute atomic E-state index is 14.6. The number of hydrogen-bond donors (Lipinski definition) is 2. The number of aromatic nitrogens is 2. The summed E-state index contributed by atoms with van der Waals surface area (Å²) in [6, 6.07) is 11.3. The molecule has 3 heterocycles. The summed E-state index contributed by atoms with van der Waals surface area (Å²) in [5, 5.41) is 16.1. The number of aryl methyl sites for hydroxylation is 2. The first kappa shape index (κ1) is 36.4. The zero-order valence-corrected chi connectivity index (χ0v) is 31.5. The molecule has 3 aromatic rings. The SMILES string of the molecule is COc1nn(C)cc1C(=O)N[S@@]1(=O)=NC(=O)c2ccc3c(c2)N(C[C@@H]2CC[C@H]2[C@@H](OC)/C=C/[C@@H](O)[C@H](C)C1)C[C@@]1(CCCc2cc(Cl)ccc21)CO3. The normalized spacial score (nSPS) is 30.8. The lowest BCUT2D eigenvalue weighted by atomic mass is 9.68. The lowest BCUT2D eigenvalue weighted by molar-refractivity contribution is 0.0124. The van der Waals surface area contributed by atoms with Gasteiger partial charge in [-0.15, -0.1) is 9.46 Å². The first-order valence-electron chi connectivity index (χ1n) is 17.8. The van der Waals surface area contributed by atoms with Crippen LogP contribution in [-0.2, 0) is 33.5 Å². The molecule has 52 heavy (non-hydrogen) atoms. The number of benzene rings is 2. The van der Waals surface area contributed by atoms with Gasteiger partial charge in [0.25, 0.3) is 11.8 Å².